The zero-order valence-electron chi connectivity index (χ0n) is 11.8. The van der Waals surface area contributed by atoms with Gasteiger partial charge in [-0.05, 0) is 24.0 Å². The molecule has 0 heterocycles. The monoisotopic (exact) mass is 276 g/mol. The summed E-state index contributed by atoms with van der Waals surface area (Å²) in [5, 5.41) is 0. The van der Waals surface area contributed by atoms with Gasteiger partial charge in [0, 0.05) is 29.4 Å². The second-order valence-electron chi connectivity index (χ2n) is 6.02. The van der Waals surface area contributed by atoms with E-state index in [1.54, 1.807) is 0 Å². The van der Waals surface area contributed by atoms with Crippen LogP contribution in [0.3, 0.4) is 0 Å². The lowest BCUT2D eigenvalue weighted by atomic mass is 9.59. The Morgan fingerprint density at radius 2 is 1.10 bits per heavy atom. The topological polar surface area (TPSA) is 34.1 Å². The molecule has 2 aliphatic rings. The van der Waals surface area contributed by atoms with Crippen molar-refractivity contribution in [1.82, 2.24) is 0 Å². The maximum atomic E-state index is 12.2. The predicted molar refractivity (Wildman–Crippen MR) is 80.8 cm³/mol. The lowest BCUT2D eigenvalue weighted by molar-refractivity contribution is 0.0932. The molecule has 2 aliphatic carbocycles. The van der Waals surface area contributed by atoms with E-state index in [1.165, 1.54) is 0 Å². The molecular weight excluding hydrogens is 260 g/mol. The summed E-state index contributed by atoms with van der Waals surface area (Å²) in [4.78, 5) is 24.4. The molecule has 104 valence electrons. The van der Waals surface area contributed by atoms with Gasteiger partial charge in [-0.2, -0.15) is 0 Å². The smallest absolute Gasteiger partial charge is 0.163 e. The summed E-state index contributed by atoms with van der Waals surface area (Å²) >= 11 is 0. The molecule has 0 bridgehead atoms. The first-order chi connectivity index (χ1) is 10.2. The fraction of sp³-hybridized carbons (Fsp3) is 0.263. The fourth-order valence-corrected chi connectivity index (χ4v) is 4.02. The maximum Gasteiger partial charge on any atom is 0.163 e. The van der Waals surface area contributed by atoms with Crippen LogP contribution in [0.4, 0.5) is 0 Å². The van der Waals surface area contributed by atoms with E-state index in [4.69, 9.17) is 0 Å². The van der Waals surface area contributed by atoms with Crippen LogP contribution in [0.1, 0.15) is 57.5 Å². The van der Waals surface area contributed by atoms with E-state index in [0.717, 1.165) is 35.1 Å². The van der Waals surface area contributed by atoms with Crippen LogP contribution in [0.15, 0.2) is 48.5 Å². The van der Waals surface area contributed by atoms with Crippen molar-refractivity contribution in [3.8, 4) is 0 Å². The van der Waals surface area contributed by atoms with Gasteiger partial charge in [-0.15, -0.1) is 0 Å². The summed E-state index contributed by atoms with van der Waals surface area (Å²) in [7, 11) is 0. The Labute approximate surface area is 123 Å². The van der Waals surface area contributed by atoms with Crippen molar-refractivity contribution in [2.75, 3.05) is 0 Å². The first kappa shape index (κ1) is 12.5. The van der Waals surface area contributed by atoms with E-state index in [1.807, 2.05) is 36.4 Å². The number of carbonyl (C=O) groups is 2. The minimum absolute atomic E-state index is 0.158. The van der Waals surface area contributed by atoms with Crippen molar-refractivity contribution in [1.29, 1.82) is 0 Å². The second kappa shape index (κ2) is 4.39. The Bertz CT molecular complexity index is 692. The van der Waals surface area contributed by atoms with Crippen LogP contribution in [-0.2, 0) is 5.41 Å². The van der Waals surface area contributed by atoms with Gasteiger partial charge in [0.1, 0.15) is 0 Å². The predicted octanol–water partition coefficient (Wildman–Crippen LogP) is 3.93. The standard InChI is InChI=1S/C19H16O2/c20-17-9-11-19(15-7-3-1-5-13(15)17)12-10-18(21)14-6-2-4-8-16(14)19/h1-8H,9-12H2. The number of hydrogen-bond donors (Lipinski definition) is 0. The van der Waals surface area contributed by atoms with Crippen molar-refractivity contribution >= 4 is 11.6 Å². The van der Waals surface area contributed by atoms with Crippen LogP contribution in [0, 0.1) is 0 Å². The summed E-state index contributed by atoms with van der Waals surface area (Å²) < 4.78 is 0. The average molecular weight is 276 g/mol. The van der Waals surface area contributed by atoms with Gasteiger partial charge in [-0.25, -0.2) is 0 Å². The van der Waals surface area contributed by atoms with E-state index >= 15 is 0 Å². The van der Waals surface area contributed by atoms with Gasteiger partial charge in [0.2, 0.25) is 0 Å². The first-order valence-corrected chi connectivity index (χ1v) is 7.48. The molecule has 0 aliphatic heterocycles. The zero-order chi connectivity index (χ0) is 14.4. The molecule has 2 heteroatoms. The fourth-order valence-electron chi connectivity index (χ4n) is 4.02. The second-order valence-corrected chi connectivity index (χ2v) is 6.02. The molecule has 0 saturated heterocycles. The molecule has 2 aromatic carbocycles. The molecule has 0 saturated carbocycles. The highest BCUT2D eigenvalue weighted by molar-refractivity contribution is 6.02. The Hall–Kier alpha value is -2.22. The third kappa shape index (κ3) is 1.65. The van der Waals surface area contributed by atoms with Crippen LogP contribution < -0.4 is 0 Å². The molecule has 0 N–H and O–H groups in total. The molecule has 0 amide bonds. The van der Waals surface area contributed by atoms with E-state index in [-0.39, 0.29) is 17.0 Å². The van der Waals surface area contributed by atoms with Gasteiger partial charge in [0.25, 0.3) is 0 Å². The van der Waals surface area contributed by atoms with Gasteiger partial charge in [0.15, 0.2) is 11.6 Å². The number of Topliss-reactive ketones (excluding diaryl/α,β-unsaturated/α-hetero) is 2. The Kier molecular flexibility index (Phi) is 2.61. The summed E-state index contributed by atoms with van der Waals surface area (Å²) in [5.74, 6) is 0.455. The lowest BCUT2D eigenvalue weighted by Crippen LogP contribution is -2.39. The van der Waals surface area contributed by atoms with Crippen LogP contribution in [0.2, 0.25) is 0 Å². The third-order valence-electron chi connectivity index (χ3n) is 5.04. The van der Waals surface area contributed by atoms with Gasteiger partial charge in [0.05, 0.1) is 0 Å². The molecule has 0 aromatic heterocycles. The number of carbonyl (C=O) groups excluding carboxylic acids is 2. The van der Waals surface area contributed by atoms with Gasteiger partial charge in [-0.3, -0.25) is 9.59 Å². The van der Waals surface area contributed by atoms with Crippen molar-refractivity contribution in [3.63, 3.8) is 0 Å². The van der Waals surface area contributed by atoms with Crippen LogP contribution in [-0.4, -0.2) is 11.6 Å². The lowest BCUT2D eigenvalue weighted by Gasteiger charge is -2.42. The van der Waals surface area contributed by atoms with Crippen molar-refractivity contribution in [2.24, 2.45) is 0 Å². The summed E-state index contributed by atoms with van der Waals surface area (Å²) in [6, 6.07) is 15.8. The van der Waals surface area contributed by atoms with Crippen LogP contribution in [0.25, 0.3) is 0 Å². The van der Waals surface area contributed by atoms with E-state index in [9.17, 15) is 9.59 Å². The van der Waals surface area contributed by atoms with Crippen LogP contribution >= 0.6 is 0 Å². The number of benzene rings is 2. The molecule has 2 aromatic rings. The zero-order valence-corrected chi connectivity index (χ0v) is 11.8. The highest BCUT2D eigenvalue weighted by atomic mass is 16.1. The largest absolute Gasteiger partial charge is 0.294 e. The molecule has 0 fully saturated rings. The van der Waals surface area contributed by atoms with Gasteiger partial charge in [-0.1, -0.05) is 48.5 Å². The summed E-state index contributed by atoms with van der Waals surface area (Å²) in [6.45, 7) is 0. The highest BCUT2D eigenvalue weighted by Crippen LogP contribution is 2.49. The Morgan fingerprint density at radius 3 is 1.57 bits per heavy atom. The normalized spacial score (nSPS) is 19.2. The number of rotatable bonds is 0. The molecule has 1 spiro atoms. The van der Waals surface area contributed by atoms with Crippen molar-refractivity contribution in [2.45, 2.75) is 31.1 Å². The minimum Gasteiger partial charge on any atom is -0.294 e. The highest BCUT2D eigenvalue weighted by Gasteiger charge is 2.44. The molecule has 2 nitrogen and oxygen atoms in total. The Balaban J connectivity index is 2.02. The first-order valence-electron chi connectivity index (χ1n) is 7.48. The van der Waals surface area contributed by atoms with E-state index in [0.29, 0.717) is 12.8 Å². The van der Waals surface area contributed by atoms with E-state index < -0.39 is 0 Å². The molecular formula is C19H16O2. The van der Waals surface area contributed by atoms with E-state index in [2.05, 4.69) is 12.1 Å². The van der Waals surface area contributed by atoms with Gasteiger partial charge < -0.3 is 0 Å². The maximum absolute atomic E-state index is 12.2. The minimum atomic E-state index is -0.158. The number of ketones is 2. The number of fused-ring (bicyclic) bond motifs is 4. The van der Waals surface area contributed by atoms with Crippen molar-refractivity contribution < 1.29 is 9.59 Å². The quantitative estimate of drug-likeness (QED) is 0.730. The van der Waals surface area contributed by atoms with Crippen molar-refractivity contribution in [3.05, 3.63) is 70.8 Å². The summed E-state index contributed by atoms with van der Waals surface area (Å²) in [5.41, 5.74) is 3.75. The number of hydrogen-bond acceptors (Lipinski definition) is 2. The Morgan fingerprint density at radius 1 is 0.667 bits per heavy atom. The molecule has 0 radical (unpaired) electrons. The molecule has 0 unspecified atom stereocenters. The third-order valence-corrected chi connectivity index (χ3v) is 5.04. The SMILES string of the molecule is O=C1CCC2(CCC(=O)c3ccccc32)c2ccccc21. The molecule has 4 rings (SSSR count). The molecule has 21 heavy (non-hydrogen) atoms. The summed E-state index contributed by atoms with van der Waals surface area (Å²) in [6.07, 6.45) is 2.76. The van der Waals surface area contributed by atoms with Crippen LogP contribution in [0.5, 0.6) is 0 Å². The van der Waals surface area contributed by atoms with Gasteiger partial charge >= 0.3 is 0 Å². The average Bonchev–Trinajstić information content (AvgIpc) is 2.54. The molecule has 0 atom stereocenters.